The van der Waals surface area contributed by atoms with Crippen LogP contribution < -0.4 is 5.73 Å². The topological polar surface area (TPSA) is 67.6 Å². The molecule has 0 unspecified atom stereocenters. The van der Waals surface area contributed by atoms with Crippen LogP contribution in [0.2, 0.25) is 0 Å². The molecule has 0 atom stereocenters. The first-order valence-corrected chi connectivity index (χ1v) is 4.95. The summed E-state index contributed by atoms with van der Waals surface area (Å²) in [6.45, 7) is 4.14. The van der Waals surface area contributed by atoms with Gasteiger partial charge in [0, 0.05) is 17.2 Å². The van der Waals surface area contributed by atoms with E-state index in [9.17, 15) is 0 Å². The van der Waals surface area contributed by atoms with Crippen LogP contribution in [0.25, 0.3) is 11.4 Å². The zero-order valence-electron chi connectivity index (χ0n) is 8.86. The van der Waals surface area contributed by atoms with Gasteiger partial charge in [0.15, 0.2) is 5.82 Å². The van der Waals surface area contributed by atoms with Gasteiger partial charge in [-0.25, -0.2) is 4.98 Å². The summed E-state index contributed by atoms with van der Waals surface area (Å²) in [5.41, 5.74) is 7.42. The van der Waals surface area contributed by atoms with Crippen LogP contribution in [0, 0.1) is 0 Å². The first-order chi connectivity index (χ1) is 7.18. The van der Waals surface area contributed by atoms with Crippen LogP contribution in [0.5, 0.6) is 0 Å². The molecule has 4 nitrogen and oxygen atoms in total. The van der Waals surface area contributed by atoms with Gasteiger partial charge in [0.25, 0.3) is 0 Å². The number of nitrogen functional groups attached to an aromatic ring is 1. The quantitative estimate of drug-likeness (QED) is 0.733. The van der Waals surface area contributed by atoms with Gasteiger partial charge in [-0.3, -0.25) is 5.10 Å². The highest BCUT2D eigenvalue weighted by atomic mass is 15.2. The number of hydrogen-bond acceptors (Lipinski definition) is 3. The first kappa shape index (κ1) is 9.71. The summed E-state index contributed by atoms with van der Waals surface area (Å²) < 4.78 is 0. The molecule has 1 aromatic carbocycles. The monoisotopic (exact) mass is 202 g/mol. The standard InChI is InChI=1S/C11H14N4/c1-7(2)10-13-11(15-14-10)8-5-3-4-6-9(8)12/h3-7H,12H2,1-2H3,(H,13,14,15). The van der Waals surface area contributed by atoms with Crippen LogP contribution in [-0.4, -0.2) is 15.2 Å². The number of aromatic nitrogens is 3. The van der Waals surface area contributed by atoms with E-state index in [4.69, 9.17) is 5.73 Å². The summed E-state index contributed by atoms with van der Waals surface area (Å²) in [6, 6.07) is 7.59. The summed E-state index contributed by atoms with van der Waals surface area (Å²) in [7, 11) is 0. The molecule has 0 aliphatic rings. The van der Waals surface area contributed by atoms with Gasteiger partial charge in [-0.2, -0.15) is 5.10 Å². The molecule has 4 heteroatoms. The van der Waals surface area contributed by atoms with Gasteiger partial charge in [0.05, 0.1) is 0 Å². The van der Waals surface area contributed by atoms with Crippen molar-refractivity contribution in [1.82, 2.24) is 15.2 Å². The smallest absolute Gasteiger partial charge is 0.183 e. The van der Waals surface area contributed by atoms with Crippen molar-refractivity contribution in [2.24, 2.45) is 0 Å². The minimum atomic E-state index is 0.344. The Morgan fingerprint density at radius 1 is 1.27 bits per heavy atom. The first-order valence-electron chi connectivity index (χ1n) is 4.95. The van der Waals surface area contributed by atoms with Crippen LogP contribution in [0.4, 0.5) is 5.69 Å². The van der Waals surface area contributed by atoms with Gasteiger partial charge < -0.3 is 5.73 Å². The maximum absolute atomic E-state index is 5.84. The van der Waals surface area contributed by atoms with Crippen molar-refractivity contribution in [1.29, 1.82) is 0 Å². The molecular weight excluding hydrogens is 188 g/mol. The lowest BCUT2D eigenvalue weighted by molar-refractivity contribution is 0.781. The van der Waals surface area contributed by atoms with Crippen LogP contribution in [-0.2, 0) is 0 Å². The molecule has 0 bridgehead atoms. The van der Waals surface area contributed by atoms with Crippen molar-refractivity contribution in [3.05, 3.63) is 30.1 Å². The van der Waals surface area contributed by atoms with Crippen molar-refractivity contribution in [3.63, 3.8) is 0 Å². The highest BCUT2D eigenvalue weighted by Gasteiger charge is 2.09. The maximum Gasteiger partial charge on any atom is 0.183 e. The second kappa shape index (κ2) is 3.73. The van der Waals surface area contributed by atoms with E-state index in [0.717, 1.165) is 11.4 Å². The van der Waals surface area contributed by atoms with Gasteiger partial charge in [-0.05, 0) is 12.1 Å². The molecule has 0 saturated carbocycles. The second-order valence-electron chi connectivity index (χ2n) is 3.79. The van der Waals surface area contributed by atoms with E-state index < -0.39 is 0 Å². The third kappa shape index (κ3) is 1.83. The fourth-order valence-corrected chi connectivity index (χ4v) is 1.35. The third-order valence-electron chi connectivity index (χ3n) is 2.25. The van der Waals surface area contributed by atoms with Crippen molar-refractivity contribution in [2.75, 3.05) is 5.73 Å². The number of para-hydroxylation sites is 1. The Morgan fingerprint density at radius 3 is 2.60 bits per heavy atom. The average Bonchev–Trinajstić information content (AvgIpc) is 2.67. The van der Waals surface area contributed by atoms with Gasteiger partial charge >= 0.3 is 0 Å². The second-order valence-corrected chi connectivity index (χ2v) is 3.79. The number of rotatable bonds is 2. The Labute approximate surface area is 88.5 Å². The molecule has 0 amide bonds. The largest absolute Gasteiger partial charge is 0.398 e. The molecule has 0 spiro atoms. The molecule has 0 fully saturated rings. The fourth-order valence-electron chi connectivity index (χ4n) is 1.35. The Kier molecular flexibility index (Phi) is 2.41. The number of benzene rings is 1. The number of H-pyrrole nitrogens is 1. The Hall–Kier alpha value is -1.84. The lowest BCUT2D eigenvalue weighted by Gasteiger charge is -1.99. The SMILES string of the molecule is CC(C)c1nc(-c2ccccc2N)n[nH]1. The van der Waals surface area contributed by atoms with Gasteiger partial charge in [0.2, 0.25) is 0 Å². The molecule has 2 rings (SSSR count). The van der Waals surface area contributed by atoms with Gasteiger partial charge in [-0.1, -0.05) is 26.0 Å². The lowest BCUT2D eigenvalue weighted by atomic mass is 10.1. The number of nitrogens with two attached hydrogens (primary N) is 1. The van der Waals surface area contributed by atoms with Crippen LogP contribution >= 0.6 is 0 Å². The van der Waals surface area contributed by atoms with E-state index >= 15 is 0 Å². The lowest BCUT2D eigenvalue weighted by Crippen LogP contribution is -1.91. The number of nitrogens with zero attached hydrogens (tertiary/aromatic N) is 2. The number of nitrogens with one attached hydrogen (secondary N) is 1. The molecule has 0 aliphatic heterocycles. The molecule has 0 aliphatic carbocycles. The Bertz CT molecular complexity index is 459. The van der Waals surface area contributed by atoms with E-state index in [1.807, 2.05) is 24.3 Å². The van der Waals surface area contributed by atoms with Crippen LogP contribution in [0.3, 0.4) is 0 Å². The summed E-state index contributed by atoms with van der Waals surface area (Å²) >= 11 is 0. The molecule has 1 heterocycles. The van der Waals surface area contributed by atoms with Gasteiger partial charge in [-0.15, -0.1) is 0 Å². The predicted molar refractivity (Wildman–Crippen MR) is 60.3 cm³/mol. The highest BCUT2D eigenvalue weighted by molar-refractivity contribution is 5.70. The summed E-state index contributed by atoms with van der Waals surface area (Å²) in [5, 5.41) is 7.07. The number of aromatic amines is 1. The van der Waals surface area contributed by atoms with Crippen LogP contribution in [0.1, 0.15) is 25.6 Å². The van der Waals surface area contributed by atoms with Crippen molar-refractivity contribution in [3.8, 4) is 11.4 Å². The fraction of sp³-hybridized carbons (Fsp3) is 0.273. The molecular formula is C11H14N4. The number of hydrogen-bond donors (Lipinski definition) is 2. The third-order valence-corrected chi connectivity index (χ3v) is 2.25. The summed E-state index contributed by atoms with van der Waals surface area (Å²) in [6.07, 6.45) is 0. The predicted octanol–water partition coefficient (Wildman–Crippen LogP) is 2.18. The van der Waals surface area contributed by atoms with E-state index in [1.165, 1.54) is 0 Å². The summed E-state index contributed by atoms with van der Waals surface area (Å²) in [4.78, 5) is 4.39. The van der Waals surface area contributed by atoms with Crippen molar-refractivity contribution >= 4 is 5.69 Å². The van der Waals surface area contributed by atoms with Crippen molar-refractivity contribution < 1.29 is 0 Å². The zero-order chi connectivity index (χ0) is 10.8. The average molecular weight is 202 g/mol. The number of anilines is 1. The molecule has 0 radical (unpaired) electrons. The van der Waals surface area contributed by atoms with E-state index in [2.05, 4.69) is 29.0 Å². The van der Waals surface area contributed by atoms with Crippen LogP contribution in [0.15, 0.2) is 24.3 Å². The Balaban J connectivity index is 2.42. The van der Waals surface area contributed by atoms with E-state index in [0.29, 0.717) is 17.4 Å². The molecule has 0 saturated heterocycles. The summed E-state index contributed by atoms with van der Waals surface area (Å²) in [5.74, 6) is 1.89. The van der Waals surface area contributed by atoms with E-state index in [-0.39, 0.29) is 0 Å². The molecule has 78 valence electrons. The minimum absolute atomic E-state index is 0.344. The molecule has 15 heavy (non-hydrogen) atoms. The van der Waals surface area contributed by atoms with Gasteiger partial charge in [0.1, 0.15) is 5.82 Å². The minimum Gasteiger partial charge on any atom is -0.398 e. The zero-order valence-corrected chi connectivity index (χ0v) is 8.86. The maximum atomic E-state index is 5.84. The highest BCUT2D eigenvalue weighted by Crippen LogP contribution is 2.22. The molecule has 2 aromatic rings. The molecule has 1 aromatic heterocycles. The Morgan fingerprint density at radius 2 is 2.00 bits per heavy atom. The normalized spacial score (nSPS) is 10.9. The molecule has 3 N–H and O–H groups in total. The van der Waals surface area contributed by atoms with Crippen molar-refractivity contribution in [2.45, 2.75) is 19.8 Å². The van der Waals surface area contributed by atoms with E-state index in [1.54, 1.807) is 0 Å².